The van der Waals surface area contributed by atoms with Crippen LogP contribution in [0.3, 0.4) is 0 Å². The van der Waals surface area contributed by atoms with Crippen LogP contribution in [-0.4, -0.2) is 18.3 Å². The van der Waals surface area contributed by atoms with Crippen LogP contribution in [0.25, 0.3) is 0 Å². The summed E-state index contributed by atoms with van der Waals surface area (Å²) < 4.78 is 24.1. The van der Waals surface area contributed by atoms with Crippen LogP contribution in [-0.2, 0) is 18.9 Å². The normalized spacial score (nSPS) is 22.4. The molecular weight excluding hydrogens is 277 g/mol. The van der Waals surface area contributed by atoms with Crippen LogP contribution in [0, 0.1) is 5.21 Å². The number of hydrogen-bond donors (Lipinski definition) is 0. The zero-order valence-electron chi connectivity index (χ0n) is 11.7. The van der Waals surface area contributed by atoms with Crippen LogP contribution < -0.4 is 0 Å². The molecule has 1 aliphatic heterocycles. The van der Waals surface area contributed by atoms with Crippen molar-refractivity contribution in [1.82, 2.24) is 5.06 Å². The minimum absolute atomic E-state index is 0.222. The lowest BCUT2D eigenvalue weighted by Crippen LogP contribution is -2.37. The fourth-order valence-electron chi connectivity index (χ4n) is 2.46. The van der Waals surface area contributed by atoms with Crippen molar-refractivity contribution in [2.45, 2.75) is 25.5 Å². The Kier molecular flexibility index (Phi) is 4.66. The van der Waals surface area contributed by atoms with E-state index >= 15 is 0 Å². The van der Waals surface area contributed by atoms with Gasteiger partial charge in [0.15, 0.2) is 5.28 Å². The van der Waals surface area contributed by atoms with E-state index in [1.807, 2.05) is 18.2 Å². The van der Waals surface area contributed by atoms with Gasteiger partial charge in [0.2, 0.25) is 0 Å². The summed E-state index contributed by atoms with van der Waals surface area (Å²) >= 11 is 0. The molecular formula is C14H19NO4P-. The molecule has 2 rings (SSSR count). The first kappa shape index (κ1) is 15.3. The molecule has 20 heavy (non-hydrogen) atoms. The van der Waals surface area contributed by atoms with Gasteiger partial charge < -0.3 is 19.3 Å². The van der Waals surface area contributed by atoms with Gasteiger partial charge in [0.1, 0.15) is 0 Å². The highest BCUT2D eigenvalue weighted by molar-refractivity contribution is 7.55. The Bertz CT molecular complexity index is 509. The summed E-state index contributed by atoms with van der Waals surface area (Å²) in [5, 5.41) is 11.8. The van der Waals surface area contributed by atoms with Gasteiger partial charge in [-0.2, -0.15) is 0 Å². The molecule has 0 saturated carbocycles. The van der Waals surface area contributed by atoms with Crippen molar-refractivity contribution >= 4 is 7.60 Å². The Labute approximate surface area is 119 Å². The van der Waals surface area contributed by atoms with E-state index in [1.54, 1.807) is 32.1 Å². The van der Waals surface area contributed by atoms with Gasteiger partial charge in [-0.05, 0) is 25.6 Å². The molecule has 6 heteroatoms. The first-order chi connectivity index (χ1) is 9.60. The molecule has 1 aromatic rings. The van der Waals surface area contributed by atoms with Gasteiger partial charge in [-0.15, -0.1) is 0 Å². The average molecular weight is 296 g/mol. The maximum atomic E-state index is 13.2. The zero-order chi connectivity index (χ0) is 14.6. The maximum absolute atomic E-state index is 13.2. The van der Waals surface area contributed by atoms with Crippen molar-refractivity contribution < 1.29 is 13.6 Å². The molecule has 0 fully saturated rings. The van der Waals surface area contributed by atoms with Gasteiger partial charge in [0, 0.05) is 6.42 Å². The molecule has 5 nitrogen and oxygen atoms in total. The largest absolute Gasteiger partial charge is 0.758 e. The van der Waals surface area contributed by atoms with E-state index in [-0.39, 0.29) is 13.2 Å². The van der Waals surface area contributed by atoms with Crippen molar-refractivity contribution in [1.29, 1.82) is 0 Å². The molecule has 0 N–H and O–H groups in total. The molecule has 110 valence electrons. The predicted octanol–water partition coefficient (Wildman–Crippen LogP) is 3.82. The average Bonchev–Trinajstić information content (AvgIpc) is 2.83. The number of hydrogen-bond acceptors (Lipinski definition) is 5. The Morgan fingerprint density at radius 1 is 1.25 bits per heavy atom. The minimum atomic E-state index is -3.63. The predicted molar refractivity (Wildman–Crippen MR) is 77.9 cm³/mol. The van der Waals surface area contributed by atoms with E-state index in [4.69, 9.17) is 9.05 Å². The lowest BCUT2D eigenvalue weighted by Gasteiger charge is -2.47. The Hall–Kier alpha value is -1.13. The lowest BCUT2D eigenvalue weighted by molar-refractivity contribution is 0.164. The number of hydroxylamine groups is 2. The summed E-state index contributed by atoms with van der Waals surface area (Å²) in [4.78, 5) is 0. The third-order valence-electron chi connectivity index (χ3n) is 3.30. The summed E-state index contributed by atoms with van der Waals surface area (Å²) in [5.74, 6) is 0. The third-order valence-corrected chi connectivity index (χ3v) is 6.04. The topological polar surface area (TPSA) is 61.8 Å². The van der Waals surface area contributed by atoms with Crippen molar-refractivity contribution in [2.24, 2.45) is 0 Å². The smallest absolute Gasteiger partial charge is 0.360 e. The molecule has 0 bridgehead atoms. The summed E-state index contributed by atoms with van der Waals surface area (Å²) in [6.07, 6.45) is 3.39. The summed E-state index contributed by atoms with van der Waals surface area (Å²) in [7, 11) is -3.63. The molecule has 0 saturated heterocycles. The number of benzene rings is 1. The standard InChI is InChI=1S/C14H19NO4P/c1-3-18-20(17,19-4-2)14(11-8-12-15(14)16)13-9-6-5-7-10-13/h5-10,12H,3-4,11H2,1-2H3/q-1. The van der Waals surface area contributed by atoms with Crippen molar-refractivity contribution in [3.63, 3.8) is 0 Å². The maximum Gasteiger partial charge on any atom is 0.360 e. The highest BCUT2D eigenvalue weighted by Gasteiger charge is 2.54. The molecule has 0 amide bonds. The summed E-state index contributed by atoms with van der Waals surface area (Å²) in [6.45, 7) is 3.92. The summed E-state index contributed by atoms with van der Waals surface area (Å²) in [5.41, 5.74) is 0.644. The fraction of sp³-hybridized carbons (Fsp3) is 0.429. The zero-order valence-corrected chi connectivity index (χ0v) is 12.6. The van der Waals surface area contributed by atoms with E-state index in [0.29, 0.717) is 17.0 Å². The molecule has 1 aromatic carbocycles. The Morgan fingerprint density at radius 2 is 1.85 bits per heavy atom. The SMILES string of the molecule is CCOP(=O)(OCC)C1(c2ccccc2)CC=CN1[O-]. The Morgan fingerprint density at radius 3 is 2.30 bits per heavy atom. The Balaban J connectivity index is 2.55. The molecule has 1 atom stereocenters. The van der Waals surface area contributed by atoms with Gasteiger partial charge in [0.05, 0.1) is 13.2 Å². The van der Waals surface area contributed by atoms with Crippen LogP contribution in [0.5, 0.6) is 0 Å². The molecule has 0 spiro atoms. The van der Waals surface area contributed by atoms with Crippen LogP contribution in [0.15, 0.2) is 42.6 Å². The fourth-order valence-corrected chi connectivity index (χ4v) is 4.74. The van der Waals surface area contributed by atoms with Gasteiger partial charge in [0.25, 0.3) is 0 Å². The van der Waals surface area contributed by atoms with Crippen molar-refractivity contribution in [2.75, 3.05) is 13.2 Å². The minimum Gasteiger partial charge on any atom is -0.758 e. The highest BCUT2D eigenvalue weighted by atomic mass is 31.2. The van der Waals surface area contributed by atoms with E-state index in [2.05, 4.69) is 0 Å². The van der Waals surface area contributed by atoms with Crippen LogP contribution in [0.1, 0.15) is 25.8 Å². The molecule has 1 heterocycles. The second kappa shape index (κ2) is 6.10. The van der Waals surface area contributed by atoms with Crippen LogP contribution >= 0.6 is 7.60 Å². The monoisotopic (exact) mass is 296 g/mol. The second-order valence-electron chi connectivity index (χ2n) is 4.43. The number of nitrogens with zero attached hydrogens (tertiary/aromatic N) is 1. The quantitative estimate of drug-likeness (QED) is 0.747. The number of rotatable bonds is 6. The lowest BCUT2D eigenvalue weighted by atomic mass is 10.0. The van der Waals surface area contributed by atoms with E-state index in [1.165, 1.54) is 6.20 Å². The summed E-state index contributed by atoms with van der Waals surface area (Å²) in [6, 6.07) is 9.03. The first-order valence-electron chi connectivity index (χ1n) is 6.68. The van der Waals surface area contributed by atoms with Gasteiger partial charge in [-0.25, -0.2) is 0 Å². The highest BCUT2D eigenvalue weighted by Crippen LogP contribution is 2.69. The molecule has 0 aliphatic carbocycles. The van der Waals surface area contributed by atoms with Gasteiger partial charge >= 0.3 is 7.60 Å². The third kappa shape index (κ3) is 2.31. The van der Waals surface area contributed by atoms with E-state index < -0.39 is 12.9 Å². The van der Waals surface area contributed by atoms with Crippen molar-refractivity contribution in [3.05, 3.63) is 53.4 Å². The second-order valence-corrected chi connectivity index (χ2v) is 6.68. The molecule has 0 radical (unpaired) electrons. The molecule has 1 aliphatic rings. The van der Waals surface area contributed by atoms with Crippen molar-refractivity contribution in [3.8, 4) is 0 Å². The molecule has 0 aromatic heterocycles. The van der Waals surface area contributed by atoms with E-state index in [0.717, 1.165) is 0 Å². The van der Waals surface area contributed by atoms with Gasteiger partial charge in [-0.3, -0.25) is 4.57 Å². The van der Waals surface area contributed by atoms with E-state index in [9.17, 15) is 9.77 Å². The van der Waals surface area contributed by atoms with Gasteiger partial charge in [-0.1, -0.05) is 36.4 Å². The van der Waals surface area contributed by atoms with Crippen LogP contribution in [0.2, 0.25) is 0 Å². The molecule has 1 unspecified atom stereocenters. The first-order valence-corrected chi connectivity index (χ1v) is 8.23. The van der Waals surface area contributed by atoms with Crippen LogP contribution in [0.4, 0.5) is 0 Å².